The lowest BCUT2D eigenvalue weighted by atomic mass is 9.77. The maximum Gasteiger partial charge on any atom is 0.327 e. The summed E-state index contributed by atoms with van der Waals surface area (Å²) in [4.78, 5) is 34.9. The minimum absolute atomic E-state index is 0.103. The molecular formula is C23H30N4O2. The Labute approximate surface area is 171 Å². The van der Waals surface area contributed by atoms with E-state index in [9.17, 15) is 9.59 Å². The van der Waals surface area contributed by atoms with Crippen molar-refractivity contribution in [2.24, 2.45) is 24.3 Å². The van der Waals surface area contributed by atoms with Crippen LogP contribution in [0.3, 0.4) is 0 Å². The van der Waals surface area contributed by atoms with Crippen molar-refractivity contribution in [3.63, 3.8) is 0 Å². The van der Waals surface area contributed by atoms with Crippen molar-refractivity contribution in [1.82, 2.24) is 19.4 Å². The predicted molar refractivity (Wildman–Crippen MR) is 113 cm³/mol. The summed E-state index contributed by atoms with van der Waals surface area (Å²) in [6.45, 7) is 7.45. The van der Waals surface area contributed by atoms with Crippen LogP contribution in [0.25, 0.3) is 16.7 Å². The Morgan fingerprint density at radius 1 is 1.24 bits per heavy atom. The second-order valence-electron chi connectivity index (χ2n) is 10.3. The number of nitrogens with zero attached hydrogens (tertiary/aromatic N) is 3. The molecule has 2 fully saturated rings. The van der Waals surface area contributed by atoms with Gasteiger partial charge in [0.2, 0.25) is 5.91 Å². The van der Waals surface area contributed by atoms with Gasteiger partial charge in [0.25, 0.3) is 0 Å². The van der Waals surface area contributed by atoms with Crippen LogP contribution in [0.1, 0.15) is 57.7 Å². The van der Waals surface area contributed by atoms with Gasteiger partial charge in [-0.25, -0.2) is 9.78 Å². The van der Waals surface area contributed by atoms with Gasteiger partial charge in [0, 0.05) is 25.4 Å². The Morgan fingerprint density at radius 3 is 2.62 bits per heavy atom. The Kier molecular flexibility index (Phi) is 4.06. The zero-order valence-corrected chi connectivity index (χ0v) is 17.8. The van der Waals surface area contributed by atoms with Gasteiger partial charge in [0.15, 0.2) is 5.65 Å². The number of pyridine rings is 1. The third-order valence-electron chi connectivity index (χ3n) is 6.60. The van der Waals surface area contributed by atoms with Crippen LogP contribution in [0, 0.1) is 17.3 Å². The third-order valence-corrected chi connectivity index (χ3v) is 6.60. The van der Waals surface area contributed by atoms with E-state index in [1.165, 1.54) is 5.57 Å². The van der Waals surface area contributed by atoms with Crippen LogP contribution in [-0.2, 0) is 18.3 Å². The number of aromatic nitrogens is 3. The zero-order chi connectivity index (χ0) is 20.5. The molecule has 1 N–H and O–H groups in total. The number of hydrogen-bond donors (Lipinski definition) is 1. The molecule has 2 aliphatic heterocycles. The summed E-state index contributed by atoms with van der Waals surface area (Å²) in [7, 11) is 1.77. The summed E-state index contributed by atoms with van der Waals surface area (Å²) in [5.41, 5.74) is 4.92. The molecule has 2 aromatic rings. The maximum atomic E-state index is 12.7. The number of carbonyl (C=O) groups excluding carboxylic acids is 1. The topological polar surface area (TPSA) is 71.0 Å². The summed E-state index contributed by atoms with van der Waals surface area (Å²) >= 11 is 0. The van der Waals surface area contributed by atoms with Gasteiger partial charge in [-0.05, 0) is 54.7 Å². The van der Waals surface area contributed by atoms with Gasteiger partial charge in [-0.3, -0.25) is 9.36 Å². The van der Waals surface area contributed by atoms with E-state index in [4.69, 9.17) is 4.98 Å². The molecule has 2 aliphatic carbocycles. The van der Waals surface area contributed by atoms with E-state index in [-0.39, 0.29) is 23.1 Å². The number of aromatic amines is 1. The fraction of sp³-hybridized carbons (Fsp3) is 0.609. The fourth-order valence-corrected chi connectivity index (χ4v) is 4.98. The maximum absolute atomic E-state index is 12.7. The van der Waals surface area contributed by atoms with Crippen molar-refractivity contribution < 1.29 is 4.79 Å². The summed E-state index contributed by atoms with van der Waals surface area (Å²) < 4.78 is 1.61. The number of aryl methyl sites for hydroxylation is 1. The highest BCUT2D eigenvalue weighted by molar-refractivity contribution is 5.84. The largest absolute Gasteiger partial charge is 0.335 e. The lowest BCUT2D eigenvalue weighted by molar-refractivity contribution is -0.136. The zero-order valence-electron chi connectivity index (χ0n) is 17.8. The van der Waals surface area contributed by atoms with Gasteiger partial charge in [-0.2, -0.15) is 0 Å². The third kappa shape index (κ3) is 3.22. The van der Waals surface area contributed by atoms with Crippen LogP contribution in [0.2, 0.25) is 0 Å². The summed E-state index contributed by atoms with van der Waals surface area (Å²) in [6.07, 6.45) is 7.40. The molecule has 6 rings (SSSR count). The molecular weight excluding hydrogens is 364 g/mol. The molecule has 154 valence electrons. The first kappa shape index (κ1) is 18.6. The Bertz CT molecular complexity index is 1080. The minimum Gasteiger partial charge on any atom is -0.335 e. The normalized spacial score (nSPS) is 24.3. The number of nitrogens with one attached hydrogen (secondary N) is 1. The highest BCUT2D eigenvalue weighted by atomic mass is 16.2. The van der Waals surface area contributed by atoms with Crippen LogP contribution in [0.4, 0.5) is 0 Å². The molecule has 0 radical (unpaired) electrons. The molecule has 2 aromatic heterocycles. The van der Waals surface area contributed by atoms with E-state index in [0.29, 0.717) is 11.8 Å². The van der Waals surface area contributed by atoms with Gasteiger partial charge in [0.1, 0.15) is 0 Å². The number of amides is 1. The van der Waals surface area contributed by atoms with E-state index in [1.54, 1.807) is 11.6 Å². The number of H-pyrrole nitrogens is 1. The highest BCUT2D eigenvalue weighted by Gasteiger charge is 2.42. The first-order valence-corrected chi connectivity index (χ1v) is 10.8. The molecule has 2 atom stereocenters. The number of carbonyl (C=O) groups is 1. The molecule has 1 saturated carbocycles. The summed E-state index contributed by atoms with van der Waals surface area (Å²) in [5, 5.41) is 0. The Balaban J connectivity index is 1.58. The lowest BCUT2D eigenvalue weighted by Crippen LogP contribution is -2.50. The van der Waals surface area contributed by atoms with E-state index < -0.39 is 0 Å². The molecule has 2 unspecified atom stereocenters. The Morgan fingerprint density at radius 2 is 2.00 bits per heavy atom. The smallest absolute Gasteiger partial charge is 0.327 e. The second-order valence-corrected chi connectivity index (χ2v) is 10.3. The number of imidazole rings is 1. The van der Waals surface area contributed by atoms with Gasteiger partial charge in [-0.15, -0.1) is 0 Å². The molecule has 0 aromatic carbocycles. The van der Waals surface area contributed by atoms with Crippen LogP contribution < -0.4 is 5.69 Å². The van der Waals surface area contributed by atoms with Crippen LogP contribution in [0.5, 0.6) is 0 Å². The van der Waals surface area contributed by atoms with Crippen molar-refractivity contribution in [1.29, 1.82) is 0 Å². The van der Waals surface area contributed by atoms with Crippen molar-refractivity contribution >= 4 is 22.6 Å². The molecule has 1 saturated heterocycles. The minimum atomic E-state index is -0.125. The Hall–Kier alpha value is -2.37. The average Bonchev–Trinajstić information content (AvgIpc) is 3.48. The van der Waals surface area contributed by atoms with E-state index in [1.807, 2.05) is 0 Å². The fourth-order valence-electron chi connectivity index (χ4n) is 4.98. The first-order chi connectivity index (χ1) is 13.7. The van der Waals surface area contributed by atoms with Crippen molar-refractivity contribution in [2.45, 2.75) is 58.9 Å². The van der Waals surface area contributed by atoms with E-state index >= 15 is 0 Å². The number of rotatable bonds is 3. The van der Waals surface area contributed by atoms with Crippen LogP contribution >= 0.6 is 0 Å². The van der Waals surface area contributed by atoms with E-state index in [0.717, 1.165) is 61.1 Å². The van der Waals surface area contributed by atoms with Gasteiger partial charge in [0.05, 0.1) is 17.3 Å². The predicted octanol–water partition coefficient (Wildman–Crippen LogP) is 3.26. The number of fused-ring (bicyclic) bond motifs is 3. The standard InChI is InChI=1S/C23H30N4O2/c1-23(2,3)11-15-9-18(24-20-19(15)25-22(29)26(20)4)17-10-16-8-7-14(17)12-27(16)21(28)13-5-6-13/h9-10,13-14,16H,5-8,11-12H2,1-4H3,(H,25,29). The van der Waals surface area contributed by atoms with Gasteiger partial charge < -0.3 is 9.88 Å². The molecule has 6 nitrogen and oxygen atoms in total. The molecule has 4 aliphatic rings. The monoisotopic (exact) mass is 394 g/mol. The first-order valence-electron chi connectivity index (χ1n) is 10.8. The second kappa shape index (κ2) is 6.31. The summed E-state index contributed by atoms with van der Waals surface area (Å²) in [6, 6.07) is 2.37. The van der Waals surface area contributed by atoms with Gasteiger partial charge >= 0.3 is 5.69 Å². The molecule has 2 bridgehead atoms. The molecule has 29 heavy (non-hydrogen) atoms. The van der Waals surface area contributed by atoms with E-state index in [2.05, 4.69) is 42.8 Å². The molecule has 0 spiro atoms. The van der Waals surface area contributed by atoms with Crippen molar-refractivity contribution in [2.75, 3.05) is 6.54 Å². The molecule has 6 heteroatoms. The number of hydrogen-bond acceptors (Lipinski definition) is 3. The average molecular weight is 395 g/mol. The quantitative estimate of drug-likeness (QED) is 0.869. The molecule has 1 amide bonds. The van der Waals surface area contributed by atoms with Gasteiger partial charge in [-0.1, -0.05) is 26.8 Å². The van der Waals surface area contributed by atoms with Crippen molar-refractivity contribution in [3.8, 4) is 0 Å². The number of piperidine rings is 1. The molecule has 4 heterocycles. The van der Waals surface area contributed by atoms with Crippen LogP contribution in [0.15, 0.2) is 16.9 Å². The highest BCUT2D eigenvalue weighted by Crippen LogP contribution is 2.42. The van der Waals surface area contributed by atoms with Crippen LogP contribution in [-0.4, -0.2) is 37.9 Å². The summed E-state index contributed by atoms with van der Waals surface area (Å²) in [5.74, 6) is 0.958. The SMILES string of the molecule is Cn1c(=O)[nH]c2c(CC(C)(C)C)cc(C3=CC4CCC3CN4C(=O)C3CC3)nc21. The van der Waals surface area contributed by atoms with Crippen molar-refractivity contribution in [3.05, 3.63) is 33.9 Å². The lowest BCUT2D eigenvalue weighted by Gasteiger charge is -2.44.